The summed E-state index contributed by atoms with van der Waals surface area (Å²) in [4.78, 5) is 1.46. The quantitative estimate of drug-likeness (QED) is 0.602. The SMILES string of the molecule is CC1(C)CC=Cc2sc3ccccc3c2C1. The summed E-state index contributed by atoms with van der Waals surface area (Å²) in [5.41, 5.74) is 1.95. The second-order valence-electron chi connectivity index (χ2n) is 5.39. The number of hydrogen-bond acceptors (Lipinski definition) is 1. The molecule has 1 heteroatoms. The molecule has 0 atom stereocenters. The molecule has 0 spiro atoms. The normalized spacial score (nSPS) is 18.4. The first-order chi connectivity index (χ1) is 7.66. The van der Waals surface area contributed by atoms with Crippen LogP contribution in [-0.2, 0) is 6.42 Å². The molecule has 0 bridgehead atoms. The van der Waals surface area contributed by atoms with Crippen LogP contribution in [0.15, 0.2) is 30.3 Å². The molecule has 1 aliphatic carbocycles. The Morgan fingerprint density at radius 1 is 1.19 bits per heavy atom. The van der Waals surface area contributed by atoms with Crippen molar-refractivity contribution in [2.75, 3.05) is 0 Å². The summed E-state index contributed by atoms with van der Waals surface area (Å²) in [5, 5.41) is 1.46. The van der Waals surface area contributed by atoms with Gasteiger partial charge in [0.25, 0.3) is 0 Å². The summed E-state index contributed by atoms with van der Waals surface area (Å²) in [6, 6.07) is 8.78. The van der Waals surface area contributed by atoms with Crippen LogP contribution in [0.4, 0.5) is 0 Å². The van der Waals surface area contributed by atoms with Crippen LogP contribution in [0.5, 0.6) is 0 Å². The van der Waals surface area contributed by atoms with Crippen LogP contribution in [0.2, 0.25) is 0 Å². The zero-order valence-electron chi connectivity index (χ0n) is 9.79. The van der Waals surface area contributed by atoms with Crippen molar-refractivity contribution < 1.29 is 0 Å². The Labute approximate surface area is 101 Å². The topological polar surface area (TPSA) is 0 Å². The highest BCUT2D eigenvalue weighted by atomic mass is 32.1. The van der Waals surface area contributed by atoms with E-state index in [1.165, 1.54) is 27.8 Å². The maximum Gasteiger partial charge on any atom is 0.0352 e. The van der Waals surface area contributed by atoms with E-state index in [-0.39, 0.29) is 0 Å². The minimum atomic E-state index is 0.394. The largest absolute Gasteiger partial charge is 0.136 e. The molecule has 0 amide bonds. The lowest BCUT2D eigenvalue weighted by Gasteiger charge is -2.21. The summed E-state index contributed by atoms with van der Waals surface area (Å²) in [6.07, 6.45) is 7.03. The van der Waals surface area contributed by atoms with Crippen LogP contribution in [-0.4, -0.2) is 0 Å². The highest BCUT2D eigenvalue weighted by Crippen LogP contribution is 2.40. The Hall–Kier alpha value is -1.08. The van der Waals surface area contributed by atoms with E-state index in [0.717, 1.165) is 0 Å². The molecular formula is C15H16S. The van der Waals surface area contributed by atoms with Crippen LogP contribution >= 0.6 is 11.3 Å². The minimum Gasteiger partial charge on any atom is -0.136 e. The Morgan fingerprint density at radius 3 is 2.88 bits per heavy atom. The van der Waals surface area contributed by atoms with Crippen molar-refractivity contribution >= 4 is 27.5 Å². The second kappa shape index (κ2) is 3.46. The van der Waals surface area contributed by atoms with Gasteiger partial charge in [-0.25, -0.2) is 0 Å². The first-order valence-electron chi connectivity index (χ1n) is 5.83. The lowest BCUT2D eigenvalue weighted by atomic mass is 9.83. The third-order valence-corrected chi connectivity index (χ3v) is 4.50. The van der Waals surface area contributed by atoms with Gasteiger partial charge in [-0.2, -0.15) is 0 Å². The molecule has 0 nitrogen and oxygen atoms in total. The summed E-state index contributed by atoms with van der Waals surface area (Å²) in [6.45, 7) is 4.72. The van der Waals surface area contributed by atoms with Gasteiger partial charge in [-0.05, 0) is 41.3 Å². The maximum absolute atomic E-state index is 2.36. The molecule has 1 aliphatic rings. The van der Waals surface area contributed by atoms with E-state index in [9.17, 15) is 0 Å². The van der Waals surface area contributed by atoms with E-state index in [1.54, 1.807) is 5.56 Å². The van der Waals surface area contributed by atoms with Crippen molar-refractivity contribution in [3.8, 4) is 0 Å². The van der Waals surface area contributed by atoms with Gasteiger partial charge < -0.3 is 0 Å². The molecule has 1 aromatic carbocycles. The highest BCUT2D eigenvalue weighted by Gasteiger charge is 2.23. The van der Waals surface area contributed by atoms with Gasteiger partial charge in [0.1, 0.15) is 0 Å². The van der Waals surface area contributed by atoms with Gasteiger partial charge in [0.2, 0.25) is 0 Å². The second-order valence-corrected chi connectivity index (χ2v) is 6.47. The smallest absolute Gasteiger partial charge is 0.0352 e. The molecule has 3 rings (SSSR count). The van der Waals surface area contributed by atoms with Crippen LogP contribution < -0.4 is 0 Å². The molecular weight excluding hydrogens is 212 g/mol. The lowest BCUT2D eigenvalue weighted by Crippen LogP contribution is -2.12. The zero-order valence-corrected chi connectivity index (χ0v) is 10.6. The first kappa shape index (κ1) is 10.1. The lowest BCUT2D eigenvalue weighted by molar-refractivity contribution is 0.372. The van der Waals surface area contributed by atoms with Gasteiger partial charge in [0.05, 0.1) is 0 Å². The van der Waals surface area contributed by atoms with Crippen molar-refractivity contribution in [1.82, 2.24) is 0 Å². The number of benzene rings is 1. The van der Waals surface area contributed by atoms with Crippen molar-refractivity contribution in [3.63, 3.8) is 0 Å². The molecule has 1 heterocycles. The molecule has 0 fully saturated rings. The fraction of sp³-hybridized carbons (Fsp3) is 0.333. The molecule has 0 unspecified atom stereocenters. The Balaban J connectivity index is 2.26. The van der Waals surface area contributed by atoms with Gasteiger partial charge in [0.15, 0.2) is 0 Å². The summed E-state index contributed by atoms with van der Waals surface area (Å²) < 4.78 is 1.43. The van der Waals surface area contributed by atoms with Crippen LogP contribution in [0.25, 0.3) is 16.2 Å². The third-order valence-electron chi connectivity index (χ3n) is 3.32. The number of thiophene rings is 1. The Morgan fingerprint density at radius 2 is 2.00 bits per heavy atom. The van der Waals surface area contributed by atoms with Gasteiger partial charge in [-0.3, -0.25) is 0 Å². The zero-order chi connectivity index (χ0) is 11.2. The molecule has 0 saturated carbocycles. The molecule has 0 aliphatic heterocycles. The van der Waals surface area contributed by atoms with Gasteiger partial charge in [-0.1, -0.05) is 38.1 Å². The summed E-state index contributed by atoms with van der Waals surface area (Å²) in [7, 11) is 0. The monoisotopic (exact) mass is 228 g/mol. The predicted molar refractivity (Wildman–Crippen MR) is 73.0 cm³/mol. The van der Waals surface area contributed by atoms with E-state index < -0.39 is 0 Å². The first-order valence-corrected chi connectivity index (χ1v) is 6.64. The van der Waals surface area contributed by atoms with Gasteiger partial charge >= 0.3 is 0 Å². The van der Waals surface area contributed by atoms with E-state index in [4.69, 9.17) is 0 Å². The summed E-state index contributed by atoms with van der Waals surface area (Å²) >= 11 is 1.93. The summed E-state index contributed by atoms with van der Waals surface area (Å²) in [5.74, 6) is 0. The minimum absolute atomic E-state index is 0.394. The molecule has 2 aromatic rings. The molecule has 82 valence electrons. The predicted octanol–water partition coefficient (Wildman–Crippen LogP) is 4.89. The number of allylic oxidation sites excluding steroid dienone is 1. The highest BCUT2D eigenvalue weighted by molar-refractivity contribution is 7.20. The van der Waals surface area contributed by atoms with Crippen molar-refractivity contribution in [3.05, 3.63) is 40.8 Å². The fourth-order valence-corrected chi connectivity index (χ4v) is 3.62. The average Bonchev–Trinajstić information content (AvgIpc) is 2.48. The van der Waals surface area contributed by atoms with E-state index in [1.807, 2.05) is 11.3 Å². The van der Waals surface area contributed by atoms with Crippen molar-refractivity contribution in [2.45, 2.75) is 26.7 Å². The average molecular weight is 228 g/mol. The van der Waals surface area contributed by atoms with Crippen molar-refractivity contribution in [1.29, 1.82) is 0 Å². The Kier molecular flexibility index (Phi) is 2.18. The van der Waals surface area contributed by atoms with E-state index in [0.29, 0.717) is 5.41 Å². The van der Waals surface area contributed by atoms with Crippen molar-refractivity contribution in [2.24, 2.45) is 5.41 Å². The fourth-order valence-electron chi connectivity index (χ4n) is 2.47. The van der Waals surface area contributed by atoms with Crippen LogP contribution in [0.1, 0.15) is 30.7 Å². The standard InChI is InChI=1S/C15H16S/c1-15(2)9-5-8-14-12(10-15)11-6-3-4-7-13(11)16-14/h3-8H,9-10H2,1-2H3. The molecule has 16 heavy (non-hydrogen) atoms. The van der Waals surface area contributed by atoms with E-state index >= 15 is 0 Å². The van der Waals surface area contributed by atoms with Crippen LogP contribution in [0, 0.1) is 5.41 Å². The molecule has 1 aromatic heterocycles. The molecule has 0 saturated heterocycles. The Bertz CT molecular complexity index is 558. The third kappa shape index (κ3) is 1.60. The van der Waals surface area contributed by atoms with Crippen LogP contribution in [0.3, 0.4) is 0 Å². The molecule has 0 radical (unpaired) electrons. The van der Waals surface area contributed by atoms with E-state index in [2.05, 4.69) is 50.3 Å². The maximum atomic E-state index is 2.36. The molecule has 0 N–H and O–H groups in total. The number of fused-ring (bicyclic) bond motifs is 3. The number of rotatable bonds is 0. The van der Waals surface area contributed by atoms with Gasteiger partial charge in [0, 0.05) is 9.58 Å². The van der Waals surface area contributed by atoms with Gasteiger partial charge in [-0.15, -0.1) is 11.3 Å². The number of hydrogen-bond donors (Lipinski definition) is 0.